The van der Waals surface area contributed by atoms with E-state index >= 15 is 0 Å². The van der Waals surface area contributed by atoms with Crippen LogP contribution in [0, 0.1) is 0 Å². The summed E-state index contributed by atoms with van der Waals surface area (Å²) in [7, 11) is -3.24. The maximum absolute atomic E-state index is 11.6. The van der Waals surface area contributed by atoms with Gasteiger partial charge in [-0.05, 0) is 31.0 Å². The Morgan fingerprint density at radius 3 is 2.88 bits per heavy atom. The summed E-state index contributed by atoms with van der Waals surface area (Å²) < 4.78 is 25.7. The summed E-state index contributed by atoms with van der Waals surface area (Å²) in [5.41, 5.74) is 7.13. The molecule has 5 nitrogen and oxygen atoms in total. The fourth-order valence-corrected chi connectivity index (χ4v) is 2.52. The van der Waals surface area contributed by atoms with Crippen LogP contribution in [0.25, 0.3) is 0 Å². The minimum Gasteiger partial charge on any atom is -0.330 e. The highest BCUT2D eigenvalue weighted by Gasteiger charge is 2.10. The minimum atomic E-state index is -3.24. The van der Waals surface area contributed by atoms with E-state index in [9.17, 15) is 8.42 Å². The Balaban J connectivity index is 2.61. The average Bonchev–Trinajstić information content (AvgIpc) is 2.34. The van der Waals surface area contributed by atoms with Gasteiger partial charge in [-0.1, -0.05) is 13.0 Å². The zero-order valence-electron chi connectivity index (χ0n) is 10.0. The Morgan fingerprint density at radius 2 is 2.24 bits per heavy atom. The number of pyridine rings is 1. The first-order valence-electron chi connectivity index (χ1n) is 5.69. The van der Waals surface area contributed by atoms with Gasteiger partial charge < -0.3 is 5.73 Å². The molecule has 0 aliphatic rings. The van der Waals surface area contributed by atoms with Crippen molar-refractivity contribution in [3.05, 3.63) is 29.6 Å². The van der Waals surface area contributed by atoms with Crippen LogP contribution in [0.2, 0.25) is 0 Å². The number of sulfonamides is 1. The van der Waals surface area contributed by atoms with Crippen LogP contribution >= 0.6 is 0 Å². The molecule has 0 fully saturated rings. The molecule has 1 rings (SSSR count). The van der Waals surface area contributed by atoms with Gasteiger partial charge in [0.15, 0.2) is 0 Å². The lowest BCUT2D eigenvalue weighted by Gasteiger charge is -2.08. The maximum Gasteiger partial charge on any atom is 0.211 e. The third-order valence-electron chi connectivity index (χ3n) is 2.44. The van der Waals surface area contributed by atoms with Gasteiger partial charge in [-0.15, -0.1) is 0 Å². The molecule has 0 unspecified atom stereocenters. The SMILES string of the molecule is CCc1cccnc1CNS(=O)(=O)CCCN. The first kappa shape index (κ1) is 14.1. The van der Waals surface area contributed by atoms with Crippen LogP contribution < -0.4 is 10.5 Å². The molecule has 0 saturated carbocycles. The lowest BCUT2D eigenvalue weighted by Crippen LogP contribution is -2.27. The lowest BCUT2D eigenvalue weighted by molar-refractivity contribution is 0.577. The highest BCUT2D eigenvalue weighted by Crippen LogP contribution is 2.06. The number of hydrogen-bond donors (Lipinski definition) is 2. The smallest absolute Gasteiger partial charge is 0.211 e. The van der Waals surface area contributed by atoms with Crippen molar-refractivity contribution in [2.75, 3.05) is 12.3 Å². The third-order valence-corrected chi connectivity index (χ3v) is 3.85. The number of nitrogens with one attached hydrogen (secondary N) is 1. The highest BCUT2D eigenvalue weighted by molar-refractivity contribution is 7.89. The molecule has 1 heterocycles. The monoisotopic (exact) mass is 257 g/mol. The molecule has 0 amide bonds. The molecule has 17 heavy (non-hydrogen) atoms. The molecule has 6 heteroatoms. The molecule has 0 atom stereocenters. The molecule has 96 valence electrons. The highest BCUT2D eigenvalue weighted by atomic mass is 32.2. The minimum absolute atomic E-state index is 0.0673. The van der Waals surface area contributed by atoms with E-state index in [2.05, 4.69) is 9.71 Å². The van der Waals surface area contributed by atoms with E-state index in [1.807, 2.05) is 19.1 Å². The van der Waals surface area contributed by atoms with Gasteiger partial charge in [0.1, 0.15) is 0 Å². The molecular weight excluding hydrogens is 238 g/mol. The Bertz CT molecular complexity index is 446. The van der Waals surface area contributed by atoms with Gasteiger partial charge in [-0.2, -0.15) is 0 Å². The number of aryl methyl sites for hydroxylation is 1. The lowest BCUT2D eigenvalue weighted by atomic mass is 10.1. The van der Waals surface area contributed by atoms with Crippen molar-refractivity contribution in [2.45, 2.75) is 26.3 Å². The van der Waals surface area contributed by atoms with Crippen LogP contribution in [0.4, 0.5) is 0 Å². The topological polar surface area (TPSA) is 85.1 Å². The van der Waals surface area contributed by atoms with Crippen LogP contribution in [0.5, 0.6) is 0 Å². The van der Waals surface area contributed by atoms with E-state index in [1.54, 1.807) is 6.20 Å². The zero-order valence-corrected chi connectivity index (χ0v) is 10.8. The predicted octanol–water partition coefficient (Wildman–Crippen LogP) is 0.412. The molecule has 0 aliphatic heterocycles. The first-order chi connectivity index (χ1) is 8.09. The van der Waals surface area contributed by atoms with Gasteiger partial charge in [0, 0.05) is 6.20 Å². The molecule has 0 aromatic carbocycles. The Morgan fingerprint density at radius 1 is 1.47 bits per heavy atom. The molecular formula is C11H19N3O2S. The zero-order chi connectivity index (χ0) is 12.7. The summed E-state index contributed by atoms with van der Waals surface area (Å²) in [6.45, 7) is 2.64. The van der Waals surface area contributed by atoms with Crippen LogP contribution in [0.1, 0.15) is 24.6 Å². The second-order valence-corrected chi connectivity index (χ2v) is 5.67. The molecule has 0 aliphatic carbocycles. The van der Waals surface area contributed by atoms with E-state index in [0.29, 0.717) is 13.0 Å². The van der Waals surface area contributed by atoms with E-state index in [1.165, 1.54) is 0 Å². The summed E-state index contributed by atoms with van der Waals surface area (Å²) in [5.74, 6) is 0.0673. The average molecular weight is 257 g/mol. The van der Waals surface area contributed by atoms with Gasteiger partial charge in [-0.3, -0.25) is 4.98 Å². The molecule has 0 saturated heterocycles. The predicted molar refractivity (Wildman–Crippen MR) is 67.9 cm³/mol. The van der Waals surface area contributed by atoms with Gasteiger partial charge in [0.2, 0.25) is 10.0 Å². The standard InChI is InChI=1S/C11H19N3O2S/c1-2-10-5-3-7-13-11(10)9-14-17(15,16)8-4-6-12/h3,5,7,14H,2,4,6,8-9,12H2,1H3. The summed E-state index contributed by atoms with van der Waals surface area (Å²) in [4.78, 5) is 4.18. The number of rotatable bonds is 7. The maximum atomic E-state index is 11.6. The van der Waals surface area contributed by atoms with Gasteiger partial charge in [-0.25, -0.2) is 13.1 Å². The van der Waals surface area contributed by atoms with Crippen molar-refractivity contribution in [1.82, 2.24) is 9.71 Å². The molecule has 0 bridgehead atoms. The van der Waals surface area contributed by atoms with E-state index in [4.69, 9.17) is 5.73 Å². The van der Waals surface area contributed by atoms with Crippen molar-refractivity contribution in [3.8, 4) is 0 Å². The van der Waals surface area contributed by atoms with Crippen molar-refractivity contribution in [1.29, 1.82) is 0 Å². The fourth-order valence-electron chi connectivity index (χ4n) is 1.48. The molecule has 0 radical (unpaired) electrons. The second-order valence-electron chi connectivity index (χ2n) is 3.74. The summed E-state index contributed by atoms with van der Waals surface area (Å²) in [6.07, 6.45) is 2.98. The van der Waals surface area contributed by atoms with Crippen LogP contribution in [0.3, 0.4) is 0 Å². The first-order valence-corrected chi connectivity index (χ1v) is 7.34. The van der Waals surface area contributed by atoms with Crippen molar-refractivity contribution < 1.29 is 8.42 Å². The fraction of sp³-hybridized carbons (Fsp3) is 0.545. The van der Waals surface area contributed by atoms with Crippen LogP contribution in [-0.2, 0) is 23.0 Å². The van der Waals surface area contributed by atoms with Crippen molar-refractivity contribution in [3.63, 3.8) is 0 Å². The van der Waals surface area contributed by atoms with Gasteiger partial charge >= 0.3 is 0 Å². The number of hydrogen-bond acceptors (Lipinski definition) is 4. The normalized spacial score (nSPS) is 11.6. The summed E-state index contributed by atoms with van der Waals surface area (Å²) >= 11 is 0. The largest absolute Gasteiger partial charge is 0.330 e. The number of nitrogens with zero attached hydrogens (tertiary/aromatic N) is 1. The summed E-state index contributed by atoms with van der Waals surface area (Å²) in [5, 5.41) is 0. The quantitative estimate of drug-likeness (QED) is 0.741. The summed E-state index contributed by atoms with van der Waals surface area (Å²) in [6, 6.07) is 3.81. The Kier molecular flexibility index (Phi) is 5.54. The van der Waals surface area contributed by atoms with E-state index in [0.717, 1.165) is 17.7 Å². The second kappa shape index (κ2) is 6.68. The van der Waals surface area contributed by atoms with Gasteiger partial charge in [0.05, 0.1) is 18.0 Å². The van der Waals surface area contributed by atoms with E-state index < -0.39 is 10.0 Å². The Hall–Kier alpha value is -0.980. The van der Waals surface area contributed by atoms with Crippen molar-refractivity contribution in [2.24, 2.45) is 5.73 Å². The van der Waals surface area contributed by atoms with Gasteiger partial charge in [0.25, 0.3) is 0 Å². The van der Waals surface area contributed by atoms with E-state index in [-0.39, 0.29) is 12.3 Å². The number of nitrogens with two attached hydrogens (primary N) is 1. The van der Waals surface area contributed by atoms with Crippen LogP contribution in [-0.4, -0.2) is 25.7 Å². The molecule has 0 spiro atoms. The molecule has 1 aromatic rings. The molecule has 3 N–H and O–H groups in total. The third kappa shape index (κ3) is 4.80. The Labute approximate surface area is 102 Å². The number of aromatic nitrogens is 1. The molecule has 1 aromatic heterocycles. The van der Waals surface area contributed by atoms with Crippen LogP contribution in [0.15, 0.2) is 18.3 Å². The van der Waals surface area contributed by atoms with Crippen molar-refractivity contribution >= 4 is 10.0 Å².